The normalized spacial score (nSPS) is 22.4. The highest BCUT2D eigenvalue weighted by molar-refractivity contribution is 9.10. The first-order valence-corrected chi connectivity index (χ1v) is 13.0. The molecule has 168 valence electrons. The minimum Gasteiger partial charge on any atom is -0.454 e. The van der Waals surface area contributed by atoms with Crippen LogP contribution in [0.15, 0.2) is 82.2 Å². The van der Waals surface area contributed by atoms with Gasteiger partial charge >= 0.3 is 0 Å². The van der Waals surface area contributed by atoms with Crippen LogP contribution in [0, 0.1) is 5.92 Å². The van der Waals surface area contributed by atoms with Crippen LogP contribution >= 0.6 is 15.9 Å². The summed E-state index contributed by atoms with van der Waals surface area (Å²) in [4.78, 5) is 0.256. The van der Waals surface area contributed by atoms with Gasteiger partial charge in [0.2, 0.25) is 6.79 Å². The number of sulfonamides is 1. The summed E-state index contributed by atoms with van der Waals surface area (Å²) in [6.45, 7) is 0.249. The number of nitrogens with one attached hydrogen (secondary N) is 2. The fraction of sp³-hybridized carbons (Fsp3) is 0.200. The van der Waals surface area contributed by atoms with Crippen LogP contribution in [0.2, 0.25) is 0 Å². The van der Waals surface area contributed by atoms with Crippen molar-refractivity contribution in [2.75, 3.05) is 16.8 Å². The number of benzene rings is 3. The number of allylic oxidation sites excluding steroid dienone is 2. The second-order valence-electron chi connectivity index (χ2n) is 8.45. The van der Waals surface area contributed by atoms with Crippen LogP contribution in [-0.2, 0) is 10.0 Å². The fourth-order valence-electron chi connectivity index (χ4n) is 4.91. The highest BCUT2D eigenvalue weighted by atomic mass is 79.9. The second-order valence-corrected chi connectivity index (χ2v) is 11.0. The average molecular weight is 525 g/mol. The van der Waals surface area contributed by atoms with Crippen molar-refractivity contribution in [3.05, 3.63) is 88.4 Å². The summed E-state index contributed by atoms with van der Waals surface area (Å²) in [6.07, 6.45) is 5.31. The van der Waals surface area contributed by atoms with Crippen molar-refractivity contribution < 1.29 is 17.9 Å². The molecule has 3 aromatic rings. The Morgan fingerprint density at radius 3 is 2.64 bits per heavy atom. The van der Waals surface area contributed by atoms with E-state index in [1.807, 2.05) is 18.2 Å². The van der Waals surface area contributed by atoms with E-state index in [2.05, 4.69) is 44.2 Å². The summed E-state index contributed by atoms with van der Waals surface area (Å²) in [7, 11) is -3.71. The molecule has 2 aliphatic heterocycles. The number of hydrogen-bond donors (Lipinski definition) is 2. The molecule has 0 fully saturated rings. The van der Waals surface area contributed by atoms with Gasteiger partial charge in [0.1, 0.15) is 0 Å². The lowest BCUT2D eigenvalue weighted by molar-refractivity contribution is 0.174. The second kappa shape index (κ2) is 7.81. The van der Waals surface area contributed by atoms with Gasteiger partial charge in [0.05, 0.1) is 10.9 Å². The largest absolute Gasteiger partial charge is 0.454 e. The Morgan fingerprint density at radius 2 is 1.79 bits per heavy atom. The maximum Gasteiger partial charge on any atom is 0.261 e. The molecule has 0 unspecified atom stereocenters. The van der Waals surface area contributed by atoms with E-state index in [-0.39, 0.29) is 29.6 Å². The Balaban J connectivity index is 1.33. The predicted molar refractivity (Wildman–Crippen MR) is 130 cm³/mol. The number of fused-ring (bicyclic) bond motifs is 4. The Morgan fingerprint density at radius 1 is 0.970 bits per heavy atom. The predicted octanol–water partition coefficient (Wildman–Crippen LogP) is 5.81. The third-order valence-electron chi connectivity index (χ3n) is 6.50. The average Bonchev–Trinajstić information content (AvgIpc) is 3.49. The van der Waals surface area contributed by atoms with Crippen molar-refractivity contribution in [3.8, 4) is 11.5 Å². The zero-order chi connectivity index (χ0) is 22.6. The minimum absolute atomic E-state index is 0.0929. The molecule has 0 saturated heterocycles. The molecule has 2 heterocycles. The molecule has 6 rings (SSSR count). The summed E-state index contributed by atoms with van der Waals surface area (Å²) in [6, 6.07) is 18.6. The molecule has 8 heteroatoms. The van der Waals surface area contributed by atoms with Crippen LogP contribution in [0.1, 0.15) is 29.5 Å². The van der Waals surface area contributed by atoms with E-state index in [1.54, 1.807) is 36.4 Å². The van der Waals surface area contributed by atoms with Crippen LogP contribution in [0.3, 0.4) is 0 Å². The Kier molecular flexibility index (Phi) is 4.88. The van der Waals surface area contributed by atoms with Gasteiger partial charge in [-0.25, -0.2) is 8.42 Å². The van der Waals surface area contributed by atoms with Gasteiger partial charge in [0.25, 0.3) is 10.0 Å². The van der Waals surface area contributed by atoms with E-state index >= 15 is 0 Å². The molecule has 33 heavy (non-hydrogen) atoms. The number of hydrogen-bond acceptors (Lipinski definition) is 5. The molecule has 6 nitrogen and oxygen atoms in total. The zero-order valence-electron chi connectivity index (χ0n) is 17.5. The van der Waals surface area contributed by atoms with Gasteiger partial charge in [-0.05, 0) is 78.1 Å². The Labute approximate surface area is 200 Å². The maximum atomic E-state index is 13.1. The molecular formula is C25H21BrN2O4S. The maximum absolute atomic E-state index is 13.1. The molecular weight excluding hydrogens is 504 g/mol. The van der Waals surface area contributed by atoms with Crippen LogP contribution < -0.4 is 19.5 Å². The van der Waals surface area contributed by atoms with Crippen LogP contribution in [-0.4, -0.2) is 15.2 Å². The summed E-state index contributed by atoms with van der Waals surface area (Å²) < 4.78 is 40.7. The number of rotatable bonds is 4. The van der Waals surface area contributed by atoms with E-state index in [9.17, 15) is 8.42 Å². The van der Waals surface area contributed by atoms with Gasteiger partial charge < -0.3 is 14.8 Å². The van der Waals surface area contributed by atoms with E-state index in [0.29, 0.717) is 5.69 Å². The smallest absolute Gasteiger partial charge is 0.261 e. The summed E-state index contributed by atoms with van der Waals surface area (Å²) in [5, 5.41) is 3.65. The summed E-state index contributed by atoms with van der Waals surface area (Å²) in [5.41, 5.74) is 3.62. The highest BCUT2D eigenvalue weighted by Gasteiger charge is 2.39. The van der Waals surface area contributed by atoms with Gasteiger partial charge in [-0.1, -0.05) is 34.1 Å². The van der Waals surface area contributed by atoms with E-state index in [1.165, 1.54) is 0 Å². The lowest BCUT2D eigenvalue weighted by atomic mass is 9.77. The topological polar surface area (TPSA) is 76.7 Å². The highest BCUT2D eigenvalue weighted by Crippen LogP contribution is 2.51. The van der Waals surface area contributed by atoms with Crippen molar-refractivity contribution in [3.63, 3.8) is 0 Å². The molecule has 3 aliphatic rings. The molecule has 0 amide bonds. The van der Waals surface area contributed by atoms with Crippen molar-refractivity contribution in [1.82, 2.24) is 0 Å². The Bertz CT molecular complexity index is 1370. The Hall–Kier alpha value is -2.97. The first kappa shape index (κ1) is 20.6. The van der Waals surface area contributed by atoms with Gasteiger partial charge in [-0.3, -0.25) is 4.72 Å². The number of anilines is 2. The van der Waals surface area contributed by atoms with Gasteiger partial charge in [0, 0.05) is 21.8 Å². The monoisotopic (exact) mass is 524 g/mol. The number of ether oxygens (including phenoxy) is 2. The molecule has 3 atom stereocenters. The SMILES string of the molecule is O=S(=O)(Nc1ccc(Br)cc1)c1ccc2c(c1)[C@H]1C=CC[C@H]1[C@@H](c1ccc3c(c1)OCO3)N2. The van der Waals surface area contributed by atoms with Gasteiger partial charge in [-0.2, -0.15) is 0 Å². The molecule has 3 aromatic carbocycles. The molecule has 0 radical (unpaired) electrons. The van der Waals surface area contributed by atoms with Crippen LogP contribution in [0.4, 0.5) is 11.4 Å². The molecule has 0 bridgehead atoms. The van der Waals surface area contributed by atoms with Gasteiger partial charge in [-0.15, -0.1) is 0 Å². The van der Waals surface area contributed by atoms with E-state index in [4.69, 9.17) is 9.47 Å². The first-order valence-electron chi connectivity index (χ1n) is 10.7. The molecule has 0 aromatic heterocycles. The van der Waals surface area contributed by atoms with E-state index in [0.717, 1.165) is 39.2 Å². The summed E-state index contributed by atoms with van der Waals surface area (Å²) in [5.74, 6) is 1.96. The van der Waals surface area contributed by atoms with Crippen LogP contribution in [0.25, 0.3) is 0 Å². The van der Waals surface area contributed by atoms with E-state index < -0.39 is 10.0 Å². The third-order valence-corrected chi connectivity index (χ3v) is 8.40. The van der Waals surface area contributed by atoms with Crippen molar-refractivity contribution in [2.24, 2.45) is 5.92 Å². The molecule has 1 aliphatic carbocycles. The van der Waals surface area contributed by atoms with Crippen molar-refractivity contribution in [2.45, 2.75) is 23.3 Å². The lowest BCUT2D eigenvalue weighted by Crippen LogP contribution is -2.29. The first-order chi connectivity index (χ1) is 16.0. The molecule has 0 spiro atoms. The summed E-state index contributed by atoms with van der Waals surface area (Å²) >= 11 is 3.37. The van der Waals surface area contributed by atoms with Crippen molar-refractivity contribution >= 4 is 37.3 Å². The standard InChI is InChI=1S/C25H21BrN2O4S/c26-16-5-7-17(8-6-16)28-33(29,30)18-9-10-22-21(13-18)19-2-1-3-20(19)25(27-22)15-4-11-23-24(12-15)32-14-31-23/h1-2,4-13,19-20,25,27-28H,3,14H2/t19-,20+,25+/m0/s1. The van der Waals surface area contributed by atoms with Crippen molar-refractivity contribution in [1.29, 1.82) is 0 Å². The van der Waals surface area contributed by atoms with Crippen LogP contribution in [0.5, 0.6) is 11.5 Å². The molecule has 0 saturated carbocycles. The quantitative estimate of drug-likeness (QED) is 0.421. The zero-order valence-corrected chi connectivity index (χ0v) is 19.9. The third kappa shape index (κ3) is 3.67. The lowest BCUT2D eigenvalue weighted by Gasteiger charge is -2.37. The van der Waals surface area contributed by atoms with Gasteiger partial charge in [0.15, 0.2) is 11.5 Å². The fourth-order valence-corrected chi connectivity index (χ4v) is 6.27. The minimum atomic E-state index is -3.71. The number of halogens is 1. The molecule has 2 N–H and O–H groups in total.